The molecule has 0 heterocycles. The van der Waals surface area contributed by atoms with Crippen molar-refractivity contribution in [1.29, 1.82) is 0 Å². The minimum Gasteiger partial charge on any atom is -0.508 e. The summed E-state index contributed by atoms with van der Waals surface area (Å²) in [5.74, 6) is 0.540. The first-order valence-electron chi connectivity index (χ1n) is 17.9. The van der Waals surface area contributed by atoms with Gasteiger partial charge in [0.15, 0.2) is 5.78 Å². The van der Waals surface area contributed by atoms with E-state index in [1.165, 1.54) is 5.56 Å². The molecule has 0 saturated heterocycles. The highest BCUT2D eigenvalue weighted by molar-refractivity contribution is 6.31. The van der Waals surface area contributed by atoms with Gasteiger partial charge in [0.2, 0.25) is 11.8 Å². The second-order valence-electron chi connectivity index (χ2n) is 13.3. The highest BCUT2D eigenvalue weighted by Crippen LogP contribution is 2.38. The van der Waals surface area contributed by atoms with Gasteiger partial charge in [-0.25, -0.2) is 0 Å². The Bertz CT molecular complexity index is 1900. The van der Waals surface area contributed by atoms with Crippen LogP contribution in [0.25, 0.3) is 0 Å². The fourth-order valence-electron chi connectivity index (χ4n) is 5.84. The number of ketones is 1. The van der Waals surface area contributed by atoms with E-state index < -0.39 is 6.04 Å². The van der Waals surface area contributed by atoms with Gasteiger partial charge in [0, 0.05) is 39.5 Å². The van der Waals surface area contributed by atoms with E-state index in [0.29, 0.717) is 56.4 Å². The highest BCUT2D eigenvalue weighted by atomic mass is 35.5. The molecular weight excluding hydrogens is 836 g/mol. The van der Waals surface area contributed by atoms with Gasteiger partial charge < -0.3 is 36.8 Å². The molecule has 1 fully saturated rings. The Labute approximate surface area is 361 Å². The van der Waals surface area contributed by atoms with Crippen LogP contribution in [0, 0.1) is 26.7 Å². The topological polar surface area (TPSA) is 182 Å². The highest BCUT2D eigenvalue weighted by Gasteiger charge is 2.32. The number of carbonyl (C=O) groups is 3. The standard InChI is InChI=1S/C24H28ClNO3.C8H10ClNO.C7H7ClO.C3H6ClNO2.ClH/c1-15-12-21(25)14-19(23(15)28)10-11-22(27)16(2)26-24(29)20-9-8-18(13-20)17-6-4-3-5-7-17;1-5-2-7(9)3-6(4-10)8(5)11;1-5-4-6(8)2-3-7(5)9;4-1-3(7)5-2-6;/h3-7,12,14,16,18,20,28H,8-11,13H2,1-2H3,(H,26,29);2-3,11H,4,10H2,1H3;2-4,9H,1H3;6H,1-2H2,(H,5,7);1H/t16-,18+,20+;;;;/m0..../s1. The van der Waals surface area contributed by atoms with E-state index in [2.05, 4.69) is 22.8 Å². The first kappa shape index (κ1) is 51.3. The van der Waals surface area contributed by atoms with Gasteiger partial charge >= 0.3 is 0 Å². The molecule has 0 bridgehead atoms. The summed E-state index contributed by atoms with van der Waals surface area (Å²) in [6.07, 6.45) is 3.31. The Morgan fingerprint density at radius 1 is 0.807 bits per heavy atom. The SMILES string of the molecule is Cc1cc(Cl)cc(CCC(=O)[C@H](C)NC(=O)[C@@H]2CC[C@@H](c3ccccc3)C2)c1O.Cc1cc(Cl)cc(CN)c1O.Cc1cc(Cl)ccc1O.Cl.O=C(CCl)NCO. The lowest BCUT2D eigenvalue weighted by molar-refractivity contribution is -0.129. The summed E-state index contributed by atoms with van der Waals surface area (Å²) in [5.41, 5.74) is 10.3. The second kappa shape index (κ2) is 26.3. The molecule has 0 radical (unpaired) electrons. The minimum absolute atomic E-state index is 0. The number of hydrogen-bond donors (Lipinski definition) is 7. The van der Waals surface area contributed by atoms with Gasteiger partial charge in [-0.05, 0) is 130 Å². The fourth-order valence-corrected chi connectivity index (χ4v) is 6.76. The maximum absolute atomic E-state index is 12.6. The smallest absolute Gasteiger partial charge is 0.236 e. The van der Waals surface area contributed by atoms with Crippen molar-refractivity contribution in [2.75, 3.05) is 12.6 Å². The number of rotatable bonds is 10. The van der Waals surface area contributed by atoms with Gasteiger partial charge in [0.05, 0.1) is 6.04 Å². The quantitative estimate of drug-likeness (QED) is 0.0609. The first-order valence-corrected chi connectivity index (χ1v) is 19.6. The van der Waals surface area contributed by atoms with Gasteiger partial charge in [0.1, 0.15) is 29.9 Å². The van der Waals surface area contributed by atoms with Crippen molar-refractivity contribution in [2.24, 2.45) is 11.7 Å². The molecule has 0 spiro atoms. The van der Waals surface area contributed by atoms with Crippen LogP contribution >= 0.6 is 58.8 Å². The maximum Gasteiger partial charge on any atom is 0.236 e. The molecular formula is C42H52Cl5N3O7. The van der Waals surface area contributed by atoms with Crippen LogP contribution in [0.4, 0.5) is 0 Å². The third kappa shape index (κ3) is 17.7. The van der Waals surface area contributed by atoms with Crippen LogP contribution in [0.3, 0.4) is 0 Å². The molecule has 57 heavy (non-hydrogen) atoms. The number of aryl methyl sites for hydroxylation is 4. The van der Waals surface area contributed by atoms with E-state index >= 15 is 0 Å². The summed E-state index contributed by atoms with van der Waals surface area (Å²) < 4.78 is 0. The number of amides is 2. The van der Waals surface area contributed by atoms with E-state index in [0.717, 1.165) is 30.4 Å². The molecule has 312 valence electrons. The largest absolute Gasteiger partial charge is 0.508 e. The number of nitrogens with two attached hydrogens (primary N) is 1. The van der Waals surface area contributed by atoms with Crippen LogP contribution in [-0.2, 0) is 27.3 Å². The van der Waals surface area contributed by atoms with Crippen molar-refractivity contribution in [3.8, 4) is 17.2 Å². The number of alkyl halides is 1. The number of phenols is 3. The third-order valence-electron chi connectivity index (χ3n) is 9.02. The number of aliphatic hydroxyl groups is 1. The summed E-state index contributed by atoms with van der Waals surface area (Å²) in [4.78, 5) is 35.1. The Morgan fingerprint density at radius 2 is 1.37 bits per heavy atom. The molecule has 8 N–H and O–H groups in total. The molecule has 15 heteroatoms. The van der Waals surface area contributed by atoms with E-state index in [9.17, 15) is 24.6 Å². The van der Waals surface area contributed by atoms with Crippen LogP contribution in [0.2, 0.25) is 15.1 Å². The molecule has 0 unspecified atom stereocenters. The van der Waals surface area contributed by atoms with Crippen molar-refractivity contribution in [3.63, 3.8) is 0 Å². The molecule has 10 nitrogen and oxygen atoms in total. The fraction of sp³-hybridized carbons (Fsp3) is 0.357. The first-order chi connectivity index (χ1) is 26.5. The van der Waals surface area contributed by atoms with Gasteiger partial charge in [-0.1, -0.05) is 65.1 Å². The number of benzene rings is 4. The van der Waals surface area contributed by atoms with Crippen LogP contribution < -0.4 is 16.4 Å². The van der Waals surface area contributed by atoms with Crippen LogP contribution in [0.15, 0.2) is 72.8 Å². The van der Waals surface area contributed by atoms with E-state index in [-0.39, 0.29) is 66.5 Å². The second-order valence-corrected chi connectivity index (χ2v) is 14.9. The van der Waals surface area contributed by atoms with Crippen molar-refractivity contribution in [2.45, 2.75) is 78.3 Å². The number of hydrogen-bond acceptors (Lipinski definition) is 8. The molecule has 2 amide bonds. The van der Waals surface area contributed by atoms with Crippen LogP contribution in [0.5, 0.6) is 17.2 Å². The zero-order valence-electron chi connectivity index (χ0n) is 32.3. The molecule has 4 aromatic carbocycles. The van der Waals surface area contributed by atoms with E-state index in [1.807, 2.05) is 18.2 Å². The summed E-state index contributed by atoms with van der Waals surface area (Å²) in [6, 6.07) is 21.5. The Hall–Kier alpha value is -3.74. The molecule has 4 aromatic rings. The van der Waals surface area contributed by atoms with Gasteiger partial charge in [0.25, 0.3) is 0 Å². The number of carbonyl (C=O) groups excluding carboxylic acids is 3. The number of halogens is 5. The average Bonchev–Trinajstić information content (AvgIpc) is 3.67. The lowest BCUT2D eigenvalue weighted by Crippen LogP contribution is -2.41. The number of Topliss-reactive ketones (excluding diaryl/α,β-unsaturated/α-hetero) is 1. The van der Waals surface area contributed by atoms with Crippen LogP contribution in [-0.4, -0.2) is 56.7 Å². The normalized spacial score (nSPS) is 14.5. The lowest BCUT2D eigenvalue weighted by atomic mass is 9.96. The van der Waals surface area contributed by atoms with Crippen molar-refractivity contribution in [3.05, 3.63) is 121 Å². The molecule has 1 aliphatic carbocycles. The molecule has 0 aliphatic heterocycles. The molecule has 1 aliphatic rings. The zero-order valence-corrected chi connectivity index (χ0v) is 36.2. The lowest BCUT2D eigenvalue weighted by Gasteiger charge is -2.17. The van der Waals surface area contributed by atoms with Crippen LogP contribution in [0.1, 0.15) is 71.9 Å². The predicted molar refractivity (Wildman–Crippen MR) is 232 cm³/mol. The number of nitrogens with one attached hydrogen (secondary N) is 2. The Morgan fingerprint density at radius 3 is 1.88 bits per heavy atom. The Balaban J connectivity index is 0.000000471. The number of aliphatic hydroxyl groups excluding tert-OH is 1. The summed E-state index contributed by atoms with van der Waals surface area (Å²) in [6.45, 7) is 7.08. The molecule has 0 aromatic heterocycles. The van der Waals surface area contributed by atoms with Gasteiger partial charge in [-0.2, -0.15) is 0 Å². The molecule has 1 saturated carbocycles. The third-order valence-corrected chi connectivity index (χ3v) is 9.94. The van der Waals surface area contributed by atoms with Gasteiger partial charge in [-0.15, -0.1) is 24.0 Å². The van der Waals surface area contributed by atoms with Crippen molar-refractivity contribution >= 4 is 76.4 Å². The van der Waals surface area contributed by atoms with E-state index in [1.54, 1.807) is 70.2 Å². The van der Waals surface area contributed by atoms with E-state index in [4.69, 9.17) is 62.4 Å². The number of phenolic OH excluding ortho intramolecular Hbond substituents is 3. The predicted octanol–water partition coefficient (Wildman–Crippen LogP) is 8.82. The summed E-state index contributed by atoms with van der Waals surface area (Å²) in [5, 5.41) is 43.3. The van der Waals surface area contributed by atoms with Crippen molar-refractivity contribution in [1.82, 2.24) is 10.6 Å². The Kier molecular flexibility index (Phi) is 23.7. The summed E-state index contributed by atoms with van der Waals surface area (Å²) in [7, 11) is 0. The summed E-state index contributed by atoms with van der Waals surface area (Å²) >= 11 is 22.4. The zero-order chi connectivity index (χ0) is 41.9. The minimum atomic E-state index is -0.541. The monoisotopic (exact) mass is 885 g/mol. The number of aromatic hydroxyl groups is 3. The van der Waals surface area contributed by atoms with Gasteiger partial charge in [-0.3, -0.25) is 14.4 Å². The van der Waals surface area contributed by atoms with Crippen molar-refractivity contribution < 1.29 is 34.8 Å². The molecule has 3 atom stereocenters. The maximum atomic E-state index is 12.6. The molecule has 5 rings (SSSR count). The average molecular weight is 888 g/mol.